The van der Waals surface area contributed by atoms with Crippen molar-refractivity contribution in [3.8, 4) is 0 Å². The number of rotatable bonds is 4. The molecule has 0 unspecified atom stereocenters. The summed E-state index contributed by atoms with van der Waals surface area (Å²) >= 11 is 1.21. The van der Waals surface area contributed by atoms with Gasteiger partial charge in [0, 0.05) is 0 Å². The molecule has 1 fully saturated rings. The van der Waals surface area contributed by atoms with Crippen LogP contribution in [0.1, 0.15) is 64.8 Å². The molecular weight excluding hydrogens is 430 g/mol. The Morgan fingerprint density at radius 1 is 1.25 bits per heavy atom. The van der Waals surface area contributed by atoms with E-state index in [0.717, 1.165) is 37.7 Å². The largest absolute Gasteiger partial charge is 0.462 e. The Morgan fingerprint density at radius 2 is 2.03 bits per heavy atom. The zero-order valence-corrected chi connectivity index (χ0v) is 18.7. The van der Waals surface area contributed by atoms with E-state index >= 15 is 0 Å². The maximum Gasteiger partial charge on any atom is 0.348 e. The standard InChI is InChI=1S/C22H23N5O4S/c1-3-31-21(30)15-10-13-17(23-11-24-19(13)32-15)25-14-9-12(2)16-18(28)26-22(27(16)20(14)29)7-5-4-6-8-22/h9-11H,3-8H2,1-2H3,(H,26,28)(H,23,24,25). The summed E-state index contributed by atoms with van der Waals surface area (Å²) in [6.07, 6.45) is 5.88. The van der Waals surface area contributed by atoms with Crippen molar-refractivity contribution < 1.29 is 14.3 Å². The van der Waals surface area contributed by atoms with Crippen molar-refractivity contribution in [2.75, 3.05) is 11.9 Å². The number of esters is 1. The van der Waals surface area contributed by atoms with Crippen molar-refractivity contribution >= 4 is 44.9 Å². The van der Waals surface area contributed by atoms with Crippen LogP contribution in [0.15, 0.2) is 23.3 Å². The second kappa shape index (κ2) is 7.70. The van der Waals surface area contributed by atoms with Gasteiger partial charge in [0.2, 0.25) is 0 Å². The number of pyridine rings is 1. The number of anilines is 2. The van der Waals surface area contributed by atoms with Gasteiger partial charge in [0.25, 0.3) is 11.5 Å². The smallest absolute Gasteiger partial charge is 0.348 e. The van der Waals surface area contributed by atoms with Crippen molar-refractivity contribution in [2.45, 2.75) is 51.6 Å². The fourth-order valence-electron chi connectivity index (χ4n) is 4.72. The summed E-state index contributed by atoms with van der Waals surface area (Å²) in [7, 11) is 0. The van der Waals surface area contributed by atoms with Gasteiger partial charge in [0.05, 0.1) is 12.0 Å². The van der Waals surface area contributed by atoms with Gasteiger partial charge >= 0.3 is 5.97 Å². The van der Waals surface area contributed by atoms with Crippen LogP contribution in [0.2, 0.25) is 0 Å². The Balaban J connectivity index is 1.59. The topological polar surface area (TPSA) is 115 Å². The van der Waals surface area contributed by atoms with Gasteiger partial charge < -0.3 is 15.4 Å². The summed E-state index contributed by atoms with van der Waals surface area (Å²) < 4.78 is 6.73. The average Bonchev–Trinajstić information content (AvgIpc) is 3.33. The maximum atomic E-state index is 13.6. The van der Waals surface area contributed by atoms with E-state index in [9.17, 15) is 14.4 Å². The van der Waals surface area contributed by atoms with Crippen LogP contribution < -0.4 is 16.2 Å². The quantitative estimate of drug-likeness (QED) is 0.582. The minimum atomic E-state index is -0.662. The second-order valence-corrected chi connectivity index (χ2v) is 9.20. The van der Waals surface area contributed by atoms with Crippen LogP contribution >= 0.6 is 11.3 Å². The van der Waals surface area contributed by atoms with Gasteiger partial charge in [-0.3, -0.25) is 14.2 Å². The molecule has 0 atom stereocenters. The molecule has 3 aromatic heterocycles. The number of nitrogens with zero attached hydrogens (tertiary/aromatic N) is 3. The van der Waals surface area contributed by atoms with Crippen LogP contribution in [0.5, 0.6) is 0 Å². The van der Waals surface area contributed by atoms with E-state index in [-0.39, 0.29) is 18.1 Å². The summed E-state index contributed by atoms with van der Waals surface area (Å²) in [5.41, 5.74) is 0.547. The maximum absolute atomic E-state index is 13.6. The Hall–Kier alpha value is -3.27. The van der Waals surface area contributed by atoms with Gasteiger partial charge in [-0.05, 0) is 57.2 Å². The number of aryl methyl sites for hydroxylation is 1. The minimum Gasteiger partial charge on any atom is -0.462 e. The minimum absolute atomic E-state index is 0.200. The number of fused-ring (bicyclic) bond motifs is 3. The zero-order chi connectivity index (χ0) is 22.5. The van der Waals surface area contributed by atoms with Crippen LogP contribution in [0.4, 0.5) is 11.5 Å². The molecule has 0 aromatic carbocycles. The van der Waals surface area contributed by atoms with Crippen molar-refractivity contribution in [1.29, 1.82) is 0 Å². The predicted octanol–water partition coefficient (Wildman–Crippen LogP) is 3.44. The molecule has 1 spiro atoms. The lowest BCUT2D eigenvalue weighted by Crippen LogP contribution is -2.48. The highest BCUT2D eigenvalue weighted by atomic mass is 32.1. The first-order valence-electron chi connectivity index (χ1n) is 10.7. The normalized spacial score (nSPS) is 16.8. The van der Waals surface area contributed by atoms with Crippen LogP contribution in [0.25, 0.3) is 10.2 Å². The van der Waals surface area contributed by atoms with Gasteiger partial charge in [-0.25, -0.2) is 14.8 Å². The molecule has 2 aliphatic rings. The van der Waals surface area contributed by atoms with E-state index in [4.69, 9.17) is 4.74 Å². The summed E-state index contributed by atoms with van der Waals surface area (Å²) in [4.78, 5) is 48.0. The molecule has 4 heterocycles. The van der Waals surface area contributed by atoms with Crippen LogP contribution in [0, 0.1) is 6.92 Å². The fourth-order valence-corrected chi connectivity index (χ4v) is 5.61. The van der Waals surface area contributed by atoms with Crippen molar-refractivity contribution in [2.24, 2.45) is 0 Å². The third-order valence-corrected chi connectivity index (χ3v) is 7.14. The molecule has 5 rings (SSSR count). The number of hydrogen-bond acceptors (Lipinski definition) is 8. The summed E-state index contributed by atoms with van der Waals surface area (Å²) in [6.45, 7) is 3.86. The Morgan fingerprint density at radius 3 is 2.78 bits per heavy atom. The molecule has 9 nitrogen and oxygen atoms in total. The third-order valence-electron chi connectivity index (χ3n) is 6.12. The highest BCUT2D eigenvalue weighted by molar-refractivity contribution is 7.20. The molecule has 10 heteroatoms. The molecule has 166 valence electrons. The SMILES string of the molecule is CCOC(=O)c1cc2c(Nc3cc(C)c4n(c3=O)C3(CCCCC3)NC4=O)ncnc2s1. The van der Waals surface area contributed by atoms with E-state index in [1.165, 1.54) is 17.7 Å². The summed E-state index contributed by atoms with van der Waals surface area (Å²) in [5.74, 6) is -0.193. The van der Waals surface area contributed by atoms with E-state index < -0.39 is 11.6 Å². The van der Waals surface area contributed by atoms with Crippen molar-refractivity contribution in [1.82, 2.24) is 19.9 Å². The van der Waals surface area contributed by atoms with Crippen LogP contribution in [-0.2, 0) is 10.4 Å². The number of carbonyl (C=O) groups is 2. The lowest BCUT2D eigenvalue weighted by molar-refractivity contribution is 0.0532. The molecule has 3 aromatic rings. The van der Waals surface area contributed by atoms with Crippen molar-refractivity contribution in [3.63, 3.8) is 0 Å². The molecular formula is C22H23N5O4S. The summed E-state index contributed by atoms with van der Waals surface area (Å²) in [5, 5.41) is 6.85. The number of amides is 1. The lowest BCUT2D eigenvalue weighted by Gasteiger charge is -2.35. The van der Waals surface area contributed by atoms with Crippen LogP contribution in [0.3, 0.4) is 0 Å². The molecule has 1 amide bonds. The average molecular weight is 454 g/mol. The molecule has 0 radical (unpaired) electrons. The molecule has 1 aliphatic heterocycles. The third kappa shape index (κ3) is 3.17. The first-order chi connectivity index (χ1) is 15.4. The Labute approximate surface area is 187 Å². The molecule has 0 bridgehead atoms. The molecule has 32 heavy (non-hydrogen) atoms. The van der Waals surface area contributed by atoms with Gasteiger partial charge in [-0.15, -0.1) is 11.3 Å². The van der Waals surface area contributed by atoms with Gasteiger partial charge in [-0.1, -0.05) is 6.42 Å². The van der Waals surface area contributed by atoms with Gasteiger partial charge in [0.15, 0.2) is 0 Å². The lowest BCUT2D eigenvalue weighted by atomic mass is 9.89. The predicted molar refractivity (Wildman–Crippen MR) is 121 cm³/mol. The highest BCUT2D eigenvalue weighted by Gasteiger charge is 2.45. The Kier molecular flexibility index (Phi) is 4.96. The van der Waals surface area contributed by atoms with Crippen LogP contribution in [-0.4, -0.2) is 33.0 Å². The van der Waals surface area contributed by atoms with Crippen molar-refractivity contribution in [3.05, 3.63) is 44.9 Å². The second-order valence-electron chi connectivity index (χ2n) is 8.17. The number of carbonyl (C=O) groups excluding carboxylic acids is 2. The fraction of sp³-hybridized carbons (Fsp3) is 0.409. The van der Waals surface area contributed by atoms with E-state index in [1.54, 1.807) is 23.6 Å². The number of hydrogen-bond donors (Lipinski definition) is 2. The first-order valence-corrected chi connectivity index (χ1v) is 11.5. The zero-order valence-electron chi connectivity index (χ0n) is 17.9. The Bertz CT molecular complexity index is 1310. The summed E-state index contributed by atoms with van der Waals surface area (Å²) in [6, 6.07) is 3.36. The van der Waals surface area contributed by atoms with Gasteiger partial charge in [0.1, 0.15) is 38.9 Å². The van der Waals surface area contributed by atoms with E-state index in [2.05, 4.69) is 20.6 Å². The molecule has 0 saturated heterocycles. The van der Waals surface area contributed by atoms with E-state index in [1.807, 2.05) is 6.92 Å². The molecule has 1 aliphatic carbocycles. The monoisotopic (exact) mass is 453 g/mol. The number of nitrogens with one attached hydrogen (secondary N) is 2. The number of ether oxygens (including phenoxy) is 1. The number of thiophene rings is 1. The van der Waals surface area contributed by atoms with E-state index in [0.29, 0.717) is 32.3 Å². The number of aromatic nitrogens is 3. The molecule has 1 saturated carbocycles. The molecule has 2 N–H and O–H groups in total. The van der Waals surface area contributed by atoms with Gasteiger partial charge in [-0.2, -0.15) is 0 Å². The first kappa shape index (κ1) is 20.6. The highest BCUT2D eigenvalue weighted by Crippen LogP contribution is 2.38.